The first kappa shape index (κ1) is 14.7. The molecule has 0 aliphatic carbocycles. The first-order chi connectivity index (χ1) is 8.69. The van der Waals surface area contributed by atoms with Crippen LogP contribution in [0.1, 0.15) is 25.8 Å². The number of ether oxygens (including phenoxy) is 1. The molecular weight excluding hydrogens is 226 g/mol. The molecule has 0 aliphatic rings. The van der Waals surface area contributed by atoms with Gasteiger partial charge in [0.2, 0.25) is 5.91 Å². The van der Waals surface area contributed by atoms with Crippen molar-refractivity contribution < 1.29 is 9.53 Å². The summed E-state index contributed by atoms with van der Waals surface area (Å²) in [5.41, 5.74) is 1.16. The minimum atomic E-state index is 0.0746. The predicted octanol–water partition coefficient (Wildman–Crippen LogP) is 2.71. The van der Waals surface area contributed by atoms with Gasteiger partial charge in [-0.1, -0.05) is 44.2 Å². The fourth-order valence-electron chi connectivity index (χ4n) is 1.76. The van der Waals surface area contributed by atoms with Gasteiger partial charge in [-0.15, -0.1) is 0 Å². The summed E-state index contributed by atoms with van der Waals surface area (Å²) in [4.78, 5) is 14.1. The summed E-state index contributed by atoms with van der Waals surface area (Å²) in [5, 5.41) is 0. The Morgan fingerprint density at radius 1 is 1.33 bits per heavy atom. The van der Waals surface area contributed by atoms with Crippen LogP contribution in [-0.2, 0) is 16.1 Å². The van der Waals surface area contributed by atoms with Gasteiger partial charge in [-0.25, -0.2) is 0 Å². The van der Waals surface area contributed by atoms with Gasteiger partial charge in [0.05, 0.1) is 6.61 Å². The largest absolute Gasteiger partial charge is 0.383 e. The SMILES string of the molecule is CCC(C)C(=O)N(CCOC)Cc1ccccc1. The molecule has 1 rings (SSSR count). The predicted molar refractivity (Wildman–Crippen MR) is 73.2 cm³/mol. The minimum Gasteiger partial charge on any atom is -0.383 e. The van der Waals surface area contributed by atoms with E-state index >= 15 is 0 Å². The van der Waals surface area contributed by atoms with Crippen molar-refractivity contribution >= 4 is 5.91 Å². The highest BCUT2D eigenvalue weighted by Crippen LogP contribution is 2.11. The topological polar surface area (TPSA) is 29.5 Å². The summed E-state index contributed by atoms with van der Waals surface area (Å²) in [6.07, 6.45) is 0.872. The van der Waals surface area contributed by atoms with Crippen molar-refractivity contribution in [3.63, 3.8) is 0 Å². The van der Waals surface area contributed by atoms with E-state index in [1.54, 1.807) is 7.11 Å². The molecule has 1 aromatic carbocycles. The van der Waals surface area contributed by atoms with Crippen molar-refractivity contribution in [3.8, 4) is 0 Å². The van der Waals surface area contributed by atoms with Crippen LogP contribution in [0.5, 0.6) is 0 Å². The monoisotopic (exact) mass is 249 g/mol. The Hall–Kier alpha value is -1.35. The molecule has 1 aromatic rings. The van der Waals surface area contributed by atoms with Crippen LogP contribution >= 0.6 is 0 Å². The highest BCUT2D eigenvalue weighted by atomic mass is 16.5. The second kappa shape index (κ2) is 7.88. The van der Waals surface area contributed by atoms with Gasteiger partial charge in [0, 0.05) is 26.1 Å². The molecule has 1 unspecified atom stereocenters. The van der Waals surface area contributed by atoms with E-state index in [0.29, 0.717) is 19.7 Å². The third kappa shape index (κ3) is 4.49. The van der Waals surface area contributed by atoms with Crippen LogP contribution in [0.3, 0.4) is 0 Å². The fraction of sp³-hybridized carbons (Fsp3) is 0.533. The zero-order chi connectivity index (χ0) is 13.4. The quantitative estimate of drug-likeness (QED) is 0.743. The maximum Gasteiger partial charge on any atom is 0.225 e. The molecule has 0 radical (unpaired) electrons. The fourth-order valence-corrected chi connectivity index (χ4v) is 1.76. The zero-order valence-electron chi connectivity index (χ0n) is 11.6. The van der Waals surface area contributed by atoms with E-state index < -0.39 is 0 Å². The molecule has 0 N–H and O–H groups in total. The molecule has 0 fully saturated rings. The van der Waals surface area contributed by atoms with Gasteiger partial charge < -0.3 is 9.64 Å². The highest BCUT2D eigenvalue weighted by molar-refractivity contribution is 5.78. The van der Waals surface area contributed by atoms with E-state index in [4.69, 9.17) is 4.74 Å². The zero-order valence-corrected chi connectivity index (χ0v) is 11.6. The van der Waals surface area contributed by atoms with Crippen molar-refractivity contribution in [2.45, 2.75) is 26.8 Å². The van der Waals surface area contributed by atoms with Crippen molar-refractivity contribution in [2.75, 3.05) is 20.3 Å². The Morgan fingerprint density at radius 3 is 2.56 bits per heavy atom. The van der Waals surface area contributed by atoms with E-state index in [0.717, 1.165) is 12.0 Å². The molecule has 0 saturated carbocycles. The van der Waals surface area contributed by atoms with Crippen LogP contribution in [-0.4, -0.2) is 31.1 Å². The van der Waals surface area contributed by atoms with Gasteiger partial charge in [-0.3, -0.25) is 4.79 Å². The summed E-state index contributed by atoms with van der Waals surface area (Å²) in [5.74, 6) is 0.281. The molecule has 18 heavy (non-hydrogen) atoms. The molecule has 3 nitrogen and oxygen atoms in total. The Bertz CT molecular complexity index is 351. The van der Waals surface area contributed by atoms with Gasteiger partial charge >= 0.3 is 0 Å². The number of carbonyl (C=O) groups is 1. The highest BCUT2D eigenvalue weighted by Gasteiger charge is 2.18. The Balaban J connectivity index is 2.69. The van der Waals surface area contributed by atoms with Crippen LogP contribution in [0.15, 0.2) is 30.3 Å². The number of amides is 1. The van der Waals surface area contributed by atoms with E-state index in [1.165, 1.54) is 0 Å². The van der Waals surface area contributed by atoms with Gasteiger partial charge in [-0.2, -0.15) is 0 Å². The summed E-state index contributed by atoms with van der Waals surface area (Å²) in [7, 11) is 1.66. The number of hydrogen-bond donors (Lipinski definition) is 0. The summed E-state index contributed by atoms with van der Waals surface area (Å²) < 4.78 is 5.08. The van der Waals surface area contributed by atoms with Crippen LogP contribution in [0, 0.1) is 5.92 Å². The van der Waals surface area contributed by atoms with Gasteiger partial charge in [0.1, 0.15) is 0 Å². The lowest BCUT2D eigenvalue weighted by molar-refractivity contribution is -0.136. The number of rotatable bonds is 7. The van der Waals surface area contributed by atoms with Gasteiger partial charge in [0.15, 0.2) is 0 Å². The number of methoxy groups -OCH3 is 1. The number of nitrogens with zero attached hydrogens (tertiary/aromatic N) is 1. The van der Waals surface area contributed by atoms with Crippen LogP contribution in [0.25, 0.3) is 0 Å². The van der Waals surface area contributed by atoms with Crippen LogP contribution in [0.2, 0.25) is 0 Å². The molecule has 0 spiro atoms. The second-order valence-corrected chi connectivity index (χ2v) is 4.55. The minimum absolute atomic E-state index is 0.0746. The number of carbonyl (C=O) groups excluding carboxylic acids is 1. The summed E-state index contributed by atoms with van der Waals surface area (Å²) >= 11 is 0. The van der Waals surface area contributed by atoms with Crippen LogP contribution < -0.4 is 0 Å². The number of hydrogen-bond acceptors (Lipinski definition) is 2. The molecule has 0 aliphatic heterocycles. The Morgan fingerprint density at radius 2 is 2.00 bits per heavy atom. The van der Waals surface area contributed by atoms with E-state index in [1.807, 2.05) is 49.1 Å². The lowest BCUT2D eigenvalue weighted by Gasteiger charge is -2.25. The molecule has 100 valence electrons. The van der Waals surface area contributed by atoms with Gasteiger partial charge in [-0.05, 0) is 12.0 Å². The molecule has 0 heterocycles. The summed E-state index contributed by atoms with van der Waals surface area (Å²) in [6.45, 7) is 5.91. The molecule has 3 heteroatoms. The van der Waals surface area contributed by atoms with E-state index in [-0.39, 0.29) is 11.8 Å². The van der Waals surface area contributed by atoms with E-state index in [9.17, 15) is 4.79 Å². The summed E-state index contributed by atoms with van der Waals surface area (Å²) in [6, 6.07) is 10.1. The Labute approximate surface area is 110 Å². The smallest absolute Gasteiger partial charge is 0.225 e. The molecule has 0 saturated heterocycles. The maximum absolute atomic E-state index is 12.3. The Kier molecular flexibility index (Phi) is 6.44. The molecule has 0 aromatic heterocycles. The van der Waals surface area contributed by atoms with Crippen LogP contribution in [0.4, 0.5) is 0 Å². The first-order valence-corrected chi connectivity index (χ1v) is 6.50. The molecular formula is C15H23NO2. The second-order valence-electron chi connectivity index (χ2n) is 4.55. The lowest BCUT2D eigenvalue weighted by Crippen LogP contribution is -2.36. The van der Waals surface area contributed by atoms with Crippen molar-refractivity contribution in [2.24, 2.45) is 5.92 Å². The number of benzene rings is 1. The van der Waals surface area contributed by atoms with Crippen molar-refractivity contribution in [1.82, 2.24) is 4.90 Å². The third-order valence-electron chi connectivity index (χ3n) is 3.13. The average molecular weight is 249 g/mol. The normalized spacial score (nSPS) is 12.2. The maximum atomic E-state index is 12.3. The molecule has 1 amide bonds. The van der Waals surface area contributed by atoms with Gasteiger partial charge in [0.25, 0.3) is 0 Å². The average Bonchev–Trinajstić information content (AvgIpc) is 2.42. The third-order valence-corrected chi connectivity index (χ3v) is 3.13. The first-order valence-electron chi connectivity index (χ1n) is 6.50. The lowest BCUT2D eigenvalue weighted by atomic mass is 10.1. The standard InChI is InChI=1S/C15H23NO2/c1-4-13(2)15(17)16(10-11-18-3)12-14-8-6-5-7-9-14/h5-9,13H,4,10-12H2,1-3H3. The van der Waals surface area contributed by atoms with Crippen molar-refractivity contribution in [1.29, 1.82) is 0 Å². The molecule has 1 atom stereocenters. The molecule has 0 bridgehead atoms. The van der Waals surface area contributed by atoms with E-state index in [2.05, 4.69) is 0 Å². The van der Waals surface area contributed by atoms with Crippen molar-refractivity contribution in [3.05, 3.63) is 35.9 Å².